The third-order valence-corrected chi connectivity index (χ3v) is 8.70. The Hall–Kier alpha value is -3.58. The van der Waals surface area contributed by atoms with Crippen molar-refractivity contribution in [3.8, 4) is 16.9 Å². The zero-order valence-corrected chi connectivity index (χ0v) is 23.4. The van der Waals surface area contributed by atoms with E-state index in [0.29, 0.717) is 22.0 Å². The van der Waals surface area contributed by atoms with Gasteiger partial charge < -0.3 is 4.90 Å². The summed E-state index contributed by atoms with van der Waals surface area (Å²) in [4.78, 5) is 33.4. The molecule has 14 heteroatoms. The molecule has 2 aromatic heterocycles. The summed E-state index contributed by atoms with van der Waals surface area (Å²) < 4.78 is 26.3. The molecule has 3 heterocycles. The summed E-state index contributed by atoms with van der Waals surface area (Å²) in [5.74, 6) is -0.297. The van der Waals surface area contributed by atoms with E-state index in [0.717, 1.165) is 5.56 Å². The molecule has 1 aliphatic heterocycles. The topological polar surface area (TPSA) is 146 Å². The van der Waals surface area contributed by atoms with Gasteiger partial charge in [-0.25, -0.2) is 23.2 Å². The predicted octanol–water partition coefficient (Wildman–Crippen LogP) is 2.86. The van der Waals surface area contributed by atoms with Crippen molar-refractivity contribution in [3.05, 3.63) is 93.2 Å². The molecule has 0 aliphatic carbocycles. The van der Waals surface area contributed by atoms with Crippen LogP contribution < -0.4 is 10.7 Å². The van der Waals surface area contributed by atoms with Crippen molar-refractivity contribution < 1.29 is 13.2 Å². The molecule has 208 valence electrons. The molecular weight excluding hydrogens is 577 g/mol. The Balaban J connectivity index is 1.50. The largest absolute Gasteiger partial charge is 0.341 e. The van der Waals surface area contributed by atoms with Crippen LogP contribution in [0.15, 0.2) is 71.9 Å². The number of aromatic nitrogens is 5. The molecule has 1 fully saturated rings. The first kappa shape index (κ1) is 28.0. The number of hydrogen-bond acceptors (Lipinski definition) is 7. The van der Waals surface area contributed by atoms with Crippen molar-refractivity contribution in [1.29, 1.82) is 0 Å². The Morgan fingerprint density at radius 3 is 2.42 bits per heavy atom. The van der Waals surface area contributed by atoms with Crippen molar-refractivity contribution in [3.63, 3.8) is 0 Å². The van der Waals surface area contributed by atoms with Gasteiger partial charge in [-0.3, -0.25) is 14.2 Å². The summed E-state index contributed by atoms with van der Waals surface area (Å²) in [5.41, 5.74) is 1.82. The molecule has 0 spiro atoms. The molecule has 1 aliphatic rings. The molecule has 11 nitrogen and oxygen atoms in total. The second-order valence-electron chi connectivity index (χ2n) is 9.49. The molecule has 0 unspecified atom stereocenters. The van der Waals surface area contributed by atoms with E-state index in [9.17, 15) is 18.0 Å². The van der Waals surface area contributed by atoms with Crippen LogP contribution in [0.5, 0.6) is 0 Å². The Bertz CT molecular complexity index is 1700. The zero-order chi connectivity index (χ0) is 28.4. The summed E-state index contributed by atoms with van der Waals surface area (Å²) >= 11 is 12.2. The van der Waals surface area contributed by atoms with E-state index in [1.165, 1.54) is 27.8 Å². The first-order valence-corrected chi connectivity index (χ1v) is 14.8. The summed E-state index contributed by atoms with van der Waals surface area (Å²) in [6.45, 7) is 0.440. The minimum Gasteiger partial charge on any atom is -0.341 e. The second kappa shape index (κ2) is 11.5. The molecule has 1 saturated heterocycles. The van der Waals surface area contributed by atoms with Crippen molar-refractivity contribution in [2.75, 3.05) is 13.1 Å². The highest BCUT2D eigenvalue weighted by Crippen LogP contribution is 2.28. The smallest absolute Gasteiger partial charge is 0.254 e. The minimum absolute atomic E-state index is 0.194. The molecule has 1 amide bonds. The van der Waals surface area contributed by atoms with Crippen molar-refractivity contribution >= 4 is 39.1 Å². The van der Waals surface area contributed by atoms with E-state index in [1.54, 1.807) is 23.1 Å². The number of likely N-dealkylation sites (tertiary alicyclic amines) is 1. The number of carbonyl (C=O) groups is 1. The van der Waals surface area contributed by atoms with Gasteiger partial charge >= 0.3 is 0 Å². The second-order valence-corrected chi connectivity index (χ2v) is 12.2. The fourth-order valence-corrected chi connectivity index (χ4v) is 5.99. The van der Waals surface area contributed by atoms with Crippen molar-refractivity contribution in [2.24, 2.45) is 5.14 Å². The third kappa shape index (κ3) is 6.09. The lowest BCUT2D eigenvalue weighted by atomic mass is 10.0. The molecule has 0 saturated carbocycles. The number of carbonyl (C=O) groups excluding carboxylic acids is 1. The lowest BCUT2D eigenvalue weighted by molar-refractivity contribution is -0.135. The van der Waals surface area contributed by atoms with E-state index in [1.807, 2.05) is 30.3 Å². The van der Waals surface area contributed by atoms with Crippen LogP contribution in [0, 0.1) is 0 Å². The average Bonchev–Trinajstić information content (AvgIpc) is 3.37. The summed E-state index contributed by atoms with van der Waals surface area (Å²) in [7, 11) is -3.69. The standard InChI is InChI=1S/C26H25Cl2N7O4S/c27-18-6-7-22(35-15-24(28)31-32-35)20(13-18)21-14-25(36)34(16-30-21)23(12-17-4-2-1-3-5-17)26(37)33-10-8-19(9-11-33)40(29,38)39/h1-7,13-16,19,23H,8-12H2,(H2,29,38,39)/t23-/m0/s1. The van der Waals surface area contributed by atoms with E-state index in [-0.39, 0.29) is 43.4 Å². The number of rotatable bonds is 7. The molecular formula is C26H25Cl2N7O4S. The van der Waals surface area contributed by atoms with Gasteiger partial charge in [0.25, 0.3) is 5.56 Å². The highest BCUT2D eigenvalue weighted by Gasteiger charge is 2.33. The zero-order valence-electron chi connectivity index (χ0n) is 21.1. The van der Waals surface area contributed by atoms with Crippen LogP contribution in [0.4, 0.5) is 0 Å². The Labute approximate surface area is 240 Å². The lowest BCUT2D eigenvalue weighted by Crippen LogP contribution is -2.47. The summed E-state index contributed by atoms with van der Waals surface area (Å²) in [6, 6.07) is 14.8. The fraction of sp³-hybridized carbons (Fsp3) is 0.269. The van der Waals surface area contributed by atoms with E-state index in [4.69, 9.17) is 28.3 Å². The van der Waals surface area contributed by atoms with Gasteiger partial charge in [-0.15, -0.1) is 5.10 Å². The highest BCUT2D eigenvalue weighted by atomic mass is 35.5. The number of benzene rings is 2. The number of primary sulfonamides is 1. The number of nitrogens with zero attached hydrogens (tertiary/aromatic N) is 6. The van der Waals surface area contributed by atoms with Crippen LogP contribution in [0.1, 0.15) is 24.4 Å². The van der Waals surface area contributed by atoms with E-state index in [2.05, 4.69) is 15.3 Å². The number of hydrogen-bond donors (Lipinski definition) is 1. The average molecular weight is 603 g/mol. The maximum Gasteiger partial charge on any atom is 0.254 e. The van der Waals surface area contributed by atoms with Gasteiger partial charge in [0.1, 0.15) is 6.04 Å². The van der Waals surface area contributed by atoms with Crippen LogP contribution in [-0.2, 0) is 21.2 Å². The summed E-state index contributed by atoms with van der Waals surface area (Å²) in [6.07, 6.45) is 3.58. The molecule has 0 bridgehead atoms. The normalized spacial score (nSPS) is 15.2. The van der Waals surface area contributed by atoms with Gasteiger partial charge in [0, 0.05) is 36.2 Å². The Morgan fingerprint density at radius 2 is 1.80 bits per heavy atom. The maximum atomic E-state index is 13.8. The minimum atomic E-state index is -3.69. The van der Waals surface area contributed by atoms with Gasteiger partial charge in [-0.1, -0.05) is 58.7 Å². The first-order valence-electron chi connectivity index (χ1n) is 12.4. The monoisotopic (exact) mass is 601 g/mol. The van der Waals surface area contributed by atoms with Gasteiger partial charge in [0.2, 0.25) is 15.9 Å². The Kier molecular flexibility index (Phi) is 8.04. The van der Waals surface area contributed by atoms with Crippen LogP contribution in [0.3, 0.4) is 0 Å². The maximum absolute atomic E-state index is 13.8. The van der Waals surface area contributed by atoms with Gasteiger partial charge in [0.15, 0.2) is 5.15 Å². The van der Waals surface area contributed by atoms with E-state index >= 15 is 0 Å². The molecule has 0 radical (unpaired) electrons. The van der Waals surface area contributed by atoms with Gasteiger partial charge in [0.05, 0.1) is 29.2 Å². The van der Waals surface area contributed by atoms with Crippen LogP contribution in [-0.4, -0.2) is 62.1 Å². The fourth-order valence-electron chi connectivity index (χ4n) is 4.82. The number of nitrogens with two attached hydrogens (primary N) is 1. The number of sulfonamides is 1. The Morgan fingerprint density at radius 1 is 1.07 bits per heavy atom. The first-order chi connectivity index (χ1) is 19.1. The lowest BCUT2D eigenvalue weighted by Gasteiger charge is -2.33. The molecule has 4 aromatic rings. The predicted molar refractivity (Wildman–Crippen MR) is 151 cm³/mol. The molecule has 40 heavy (non-hydrogen) atoms. The van der Waals surface area contributed by atoms with Gasteiger partial charge in [-0.05, 0) is 36.6 Å². The number of halogens is 2. The molecule has 1 atom stereocenters. The molecule has 5 rings (SSSR count). The van der Waals surface area contributed by atoms with Gasteiger partial charge in [-0.2, -0.15) is 0 Å². The number of piperidine rings is 1. The highest BCUT2D eigenvalue weighted by molar-refractivity contribution is 7.89. The van der Waals surface area contributed by atoms with Crippen LogP contribution in [0.2, 0.25) is 10.2 Å². The quantitative estimate of drug-likeness (QED) is 0.342. The van der Waals surface area contributed by atoms with Crippen molar-refractivity contribution in [1.82, 2.24) is 29.4 Å². The third-order valence-electron chi connectivity index (χ3n) is 6.89. The summed E-state index contributed by atoms with van der Waals surface area (Å²) in [5, 5.41) is 13.0. The van der Waals surface area contributed by atoms with E-state index < -0.39 is 26.9 Å². The van der Waals surface area contributed by atoms with Crippen LogP contribution in [0.25, 0.3) is 16.9 Å². The SMILES string of the molecule is NS(=O)(=O)C1CCN(C(=O)[C@H](Cc2ccccc2)n2cnc(-c3cc(Cl)ccc3-n3cc(Cl)nn3)cc2=O)CC1. The molecule has 2 aromatic carbocycles. The molecule has 2 N–H and O–H groups in total. The van der Waals surface area contributed by atoms with Crippen molar-refractivity contribution in [2.45, 2.75) is 30.6 Å². The number of amides is 1. The van der Waals surface area contributed by atoms with Crippen LogP contribution >= 0.6 is 23.2 Å².